The SMILES string of the molecule is COc1ccc2c(Oc3ccc(OCCN4CCCCC4)cc3)c(C3CC=C(SC)S3)ccc2c1. The highest BCUT2D eigenvalue weighted by atomic mass is 32.2. The number of hydrogen-bond donors (Lipinski definition) is 0. The van der Waals surface area contributed by atoms with Crippen molar-refractivity contribution in [2.24, 2.45) is 0 Å². The Hall–Kier alpha value is -2.28. The minimum absolute atomic E-state index is 0.358. The first-order valence-electron chi connectivity index (χ1n) is 12.4. The maximum atomic E-state index is 6.58. The van der Waals surface area contributed by atoms with Crippen LogP contribution in [0, 0.1) is 0 Å². The van der Waals surface area contributed by atoms with Gasteiger partial charge in [-0.05, 0) is 86.5 Å². The molecule has 2 aliphatic heterocycles. The van der Waals surface area contributed by atoms with Gasteiger partial charge >= 0.3 is 0 Å². The van der Waals surface area contributed by atoms with Crippen molar-refractivity contribution in [3.05, 3.63) is 70.5 Å². The number of rotatable bonds is 9. The molecular weight excluding hydrogens is 474 g/mol. The molecule has 0 aromatic heterocycles. The molecule has 0 spiro atoms. The van der Waals surface area contributed by atoms with Gasteiger partial charge in [0.05, 0.1) is 7.11 Å². The minimum Gasteiger partial charge on any atom is -0.497 e. The molecule has 0 N–H and O–H groups in total. The van der Waals surface area contributed by atoms with Crippen molar-refractivity contribution < 1.29 is 14.2 Å². The standard InChI is InChI=1S/C29H33NO3S2/c1-31-24-11-13-25-21(20-24)6-12-26(27-14-15-28(34-2)35-27)29(25)33-23-9-7-22(8-10-23)32-19-18-30-16-4-3-5-17-30/h6-13,15,20,27H,3-5,14,16-19H2,1-2H3. The van der Waals surface area contributed by atoms with E-state index in [9.17, 15) is 0 Å². The highest BCUT2D eigenvalue weighted by molar-refractivity contribution is 8.22. The van der Waals surface area contributed by atoms with E-state index < -0.39 is 0 Å². The lowest BCUT2D eigenvalue weighted by atomic mass is 10.0. The average molecular weight is 508 g/mol. The van der Waals surface area contributed by atoms with Crippen molar-refractivity contribution in [2.45, 2.75) is 30.9 Å². The predicted octanol–water partition coefficient (Wildman–Crippen LogP) is 7.89. The normalized spacial score (nSPS) is 18.5. The van der Waals surface area contributed by atoms with E-state index >= 15 is 0 Å². The van der Waals surface area contributed by atoms with Gasteiger partial charge in [0, 0.05) is 27.0 Å². The van der Waals surface area contributed by atoms with Gasteiger partial charge in [-0.1, -0.05) is 24.6 Å². The molecule has 0 radical (unpaired) electrons. The number of nitrogens with zero attached hydrogens (tertiary/aromatic N) is 1. The van der Waals surface area contributed by atoms with E-state index in [0.717, 1.165) is 53.3 Å². The fourth-order valence-corrected chi connectivity index (χ4v) is 6.72. The highest BCUT2D eigenvalue weighted by Gasteiger charge is 2.24. The predicted molar refractivity (Wildman–Crippen MR) is 149 cm³/mol. The lowest BCUT2D eigenvalue weighted by Crippen LogP contribution is -2.33. The van der Waals surface area contributed by atoms with Crippen LogP contribution in [0.25, 0.3) is 10.8 Å². The van der Waals surface area contributed by atoms with Crippen LogP contribution in [-0.2, 0) is 0 Å². The molecular formula is C29H33NO3S2. The zero-order valence-electron chi connectivity index (χ0n) is 20.5. The summed E-state index contributed by atoms with van der Waals surface area (Å²) in [7, 11) is 1.70. The number of hydrogen-bond acceptors (Lipinski definition) is 6. The van der Waals surface area contributed by atoms with Crippen molar-refractivity contribution in [1.29, 1.82) is 0 Å². The second-order valence-electron chi connectivity index (χ2n) is 8.96. The van der Waals surface area contributed by atoms with Crippen molar-refractivity contribution in [3.8, 4) is 23.0 Å². The lowest BCUT2D eigenvalue weighted by Gasteiger charge is -2.26. The number of benzene rings is 3. The van der Waals surface area contributed by atoms with Gasteiger partial charge in [0.25, 0.3) is 0 Å². The Balaban J connectivity index is 1.33. The van der Waals surface area contributed by atoms with Crippen LogP contribution in [-0.4, -0.2) is 44.5 Å². The Kier molecular flexibility index (Phi) is 8.12. The summed E-state index contributed by atoms with van der Waals surface area (Å²) in [5, 5.41) is 2.57. The molecule has 2 heterocycles. The van der Waals surface area contributed by atoms with Crippen LogP contribution < -0.4 is 14.2 Å². The molecule has 35 heavy (non-hydrogen) atoms. The van der Waals surface area contributed by atoms with Gasteiger partial charge in [0.2, 0.25) is 0 Å². The van der Waals surface area contributed by atoms with Crippen LogP contribution >= 0.6 is 23.5 Å². The number of ether oxygens (including phenoxy) is 3. The quantitative estimate of drug-likeness (QED) is 0.293. The van der Waals surface area contributed by atoms with E-state index in [-0.39, 0.29) is 0 Å². The summed E-state index contributed by atoms with van der Waals surface area (Å²) in [5.41, 5.74) is 1.23. The van der Waals surface area contributed by atoms with Crippen molar-refractivity contribution in [3.63, 3.8) is 0 Å². The molecule has 3 aromatic rings. The van der Waals surface area contributed by atoms with E-state index in [1.807, 2.05) is 53.9 Å². The first kappa shape index (κ1) is 24.4. The Bertz CT molecular complexity index is 1170. The van der Waals surface area contributed by atoms with E-state index in [2.05, 4.69) is 41.5 Å². The second kappa shape index (κ2) is 11.6. The van der Waals surface area contributed by atoms with Crippen LogP contribution in [0.1, 0.15) is 36.5 Å². The topological polar surface area (TPSA) is 30.9 Å². The maximum absolute atomic E-state index is 6.58. The summed E-state index contributed by atoms with van der Waals surface area (Å²) in [6.45, 7) is 4.11. The smallest absolute Gasteiger partial charge is 0.139 e. The molecule has 0 saturated carbocycles. The third-order valence-corrected chi connectivity index (χ3v) is 9.17. The van der Waals surface area contributed by atoms with Crippen LogP contribution in [0.4, 0.5) is 0 Å². The van der Waals surface area contributed by atoms with Crippen LogP contribution in [0.15, 0.2) is 64.9 Å². The second-order valence-corrected chi connectivity index (χ2v) is 11.3. The van der Waals surface area contributed by atoms with Crippen molar-refractivity contribution in [1.82, 2.24) is 4.90 Å². The molecule has 0 amide bonds. The van der Waals surface area contributed by atoms with E-state index in [1.54, 1.807) is 7.11 Å². The highest BCUT2D eigenvalue weighted by Crippen LogP contribution is 2.51. The summed E-state index contributed by atoms with van der Waals surface area (Å²) in [5.74, 6) is 3.48. The van der Waals surface area contributed by atoms with Crippen molar-refractivity contribution in [2.75, 3.05) is 39.6 Å². The number of allylic oxidation sites excluding steroid dienone is 1. The molecule has 3 aromatic carbocycles. The van der Waals surface area contributed by atoms with Crippen molar-refractivity contribution >= 4 is 34.3 Å². The number of thioether (sulfide) groups is 2. The zero-order valence-corrected chi connectivity index (χ0v) is 22.1. The summed E-state index contributed by atoms with van der Waals surface area (Å²) in [4.78, 5) is 2.50. The maximum Gasteiger partial charge on any atom is 0.139 e. The summed E-state index contributed by atoms with van der Waals surface area (Å²) < 4.78 is 19.4. The van der Waals surface area contributed by atoms with Gasteiger partial charge in [0.1, 0.15) is 29.6 Å². The molecule has 4 nitrogen and oxygen atoms in total. The molecule has 1 fully saturated rings. The molecule has 2 aliphatic rings. The third kappa shape index (κ3) is 5.93. The van der Waals surface area contributed by atoms with E-state index in [1.165, 1.54) is 42.2 Å². The fourth-order valence-electron chi connectivity index (χ4n) is 4.75. The number of likely N-dealkylation sites (tertiary alicyclic amines) is 1. The average Bonchev–Trinajstić information content (AvgIpc) is 3.39. The minimum atomic E-state index is 0.358. The molecule has 0 bridgehead atoms. The fraction of sp³-hybridized carbons (Fsp3) is 0.379. The number of methoxy groups -OCH3 is 1. The Morgan fingerprint density at radius 2 is 1.71 bits per heavy atom. The largest absolute Gasteiger partial charge is 0.497 e. The molecule has 1 saturated heterocycles. The van der Waals surface area contributed by atoms with E-state index in [4.69, 9.17) is 14.2 Å². The number of piperidine rings is 1. The third-order valence-electron chi connectivity index (χ3n) is 6.68. The first-order chi connectivity index (χ1) is 17.2. The van der Waals surface area contributed by atoms with Crippen LogP contribution in [0.5, 0.6) is 23.0 Å². The zero-order chi connectivity index (χ0) is 24.0. The number of fused-ring (bicyclic) bond motifs is 1. The monoisotopic (exact) mass is 507 g/mol. The first-order valence-corrected chi connectivity index (χ1v) is 14.5. The van der Waals surface area contributed by atoms with E-state index in [0.29, 0.717) is 5.25 Å². The van der Waals surface area contributed by atoms with Crippen LogP contribution in [0.3, 0.4) is 0 Å². The Labute approximate surface area is 217 Å². The van der Waals surface area contributed by atoms with Gasteiger partial charge in [-0.15, -0.1) is 23.5 Å². The summed E-state index contributed by atoms with van der Waals surface area (Å²) >= 11 is 3.74. The Morgan fingerprint density at radius 1 is 0.943 bits per heavy atom. The molecule has 184 valence electrons. The summed E-state index contributed by atoms with van der Waals surface area (Å²) in [6, 6.07) is 18.6. The molecule has 1 atom stereocenters. The van der Waals surface area contributed by atoms with Gasteiger partial charge in [-0.25, -0.2) is 0 Å². The van der Waals surface area contributed by atoms with Gasteiger partial charge in [0.15, 0.2) is 0 Å². The Morgan fingerprint density at radius 3 is 2.46 bits per heavy atom. The molecule has 6 heteroatoms. The molecule has 0 aliphatic carbocycles. The molecule has 5 rings (SSSR count). The molecule has 1 unspecified atom stereocenters. The summed E-state index contributed by atoms with van der Waals surface area (Å²) in [6.07, 6.45) is 9.47. The van der Waals surface area contributed by atoms with Gasteiger partial charge in [-0.3, -0.25) is 4.90 Å². The lowest BCUT2D eigenvalue weighted by molar-refractivity contribution is 0.183. The van der Waals surface area contributed by atoms with Gasteiger partial charge in [-0.2, -0.15) is 0 Å². The van der Waals surface area contributed by atoms with Crippen LogP contribution in [0.2, 0.25) is 0 Å². The van der Waals surface area contributed by atoms with Gasteiger partial charge < -0.3 is 14.2 Å².